The average Bonchev–Trinajstić information content (AvgIpc) is 3.02. The Balaban J connectivity index is 1.66. The van der Waals surface area contributed by atoms with Crippen molar-refractivity contribution in [1.82, 2.24) is 4.90 Å². The minimum Gasteiger partial charge on any atom is -0.492 e. The maximum absolute atomic E-state index is 5.69. The second kappa shape index (κ2) is 5.69. The van der Waals surface area contributed by atoms with Crippen molar-refractivity contribution < 1.29 is 4.74 Å². The van der Waals surface area contributed by atoms with Crippen LogP contribution in [0, 0.1) is 5.92 Å². The summed E-state index contributed by atoms with van der Waals surface area (Å²) in [5.74, 6) is 1.89. The molecular weight excluding hydrogens is 266 g/mol. The minimum absolute atomic E-state index is 0.764. The maximum atomic E-state index is 5.69. The van der Waals surface area contributed by atoms with Crippen LogP contribution in [0.4, 0.5) is 0 Å². The number of benzene rings is 1. The van der Waals surface area contributed by atoms with Crippen molar-refractivity contribution in [3.8, 4) is 5.75 Å². The zero-order valence-corrected chi connectivity index (χ0v) is 11.2. The lowest BCUT2D eigenvalue weighted by molar-refractivity contribution is 0.232. The Kier molecular flexibility index (Phi) is 4.24. The van der Waals surface area contributed by atoms with Gasteiger partial charge in [-0.15, -0.1) is 0 Å². The topological polar surface area (TPSA) is 12.5 Å². The van der Waals surface area contributed by atoms with Crippen molar-refractivity contribution in [2.75, 3.05) is 26.7 Å². The van der Waals surface area contributed by atoms with Gasteiger partial charge in [-0.3, -0.25) is 0 Å². The molecule has 2 rings (SSSR count). The first-order chi connectivity index (χ1) is 7.74. The molecule has 2 nitrogen and oxygen atoms in total. The summed E-state index contributed by atoms with van der Waals surface area (Å²) in [5.41, 5.74) is 0. The van der Waals surface area contributed by atoms with E-state index in [-0.39, 0.29) is 0 Å². The van der Waals surface area contributed by atoms with E-state index in [0.29, 0.717) is 0 Å². The molecule has 16 heavy (non-hydrogen) atoms. The Hall–Kier alpha value is -0.540. The molecule has 0 amide bonds. The second-order valence-corrected chi connectivity index (χ2v) is 5.43. The molecule has 1 saturated carbocycles. The van der Waals surface area contributed by atoms with E-state index in [9.17, 15) is 0 Å². The largest absolute Gasteiger partial charge is 0.492 e. The van der Waals surface area contributed by atoms with Gasteiger partial charge in [0.15, 0.2) is 0 Å². The lowest BCUT2D eigenvalue weighted by Gasteiger charge is -2.16. The molecule has 0 bridgehead atoms. The van der Waals surface area contributed by atoms with Gasteiger partial charge < -0.3 is 9.64 Å². The van der Waals surface area contributed by atoms with Crippen LogP contribution < -0.4 is 4.74 Å². The van der Waals surface area contributed by atoms with Crippen LogP contribution >= 0.6 is 15.9 Å². The van der Waals surface area contributed by atoms with E-state index in [4.69, 9.17) is 4.74 Å². The Morgan fingerprint density at radius 2 is 2.25 bits per heavy atom. The van der Waals surface area contributed by atoms with Crippen LogP contribution in [0.1, 0.15) is 12.8 Å². The van der Waals surface area contributed by atoms with Crippen molar-refractivity contribution in [3.05, 3.63) is 28.7 Å². The normalized spacial score (nSPS) is 15.4. The number of likely N-dealkylation sites (N-methyl/N-ethyl adjacent to an activating group) is 1. The highest BCUT2D eigenvalue weighted by Gasteiger charge is 2.22. The van der Waals surface area contributed by atoms with Gasteiger partial charge in [0.2, 0.25) is 0 Å². The molecule has 0 heterocycles. The number of rotatable bonds is 6. The van der Waals surface area contributed by atoms with Crippen LogP contribution in [0.25, 0.3) is 0 Å². The molecule has 0 aromatic heterocycles. The fraction of sp³-hybridized carbons (Fsp3) is 0.538. The Morgan fingerprint density at radius 1 is 1.44 bits per heavy atom. The third-order valence-electron chi connectivity index (χ3n) is 2.80. The quantitative estimate of drug-likeness (QED) is 0.795. The highest BCUT2D eigenvalue weighted by molar-refractivity contribution is 9.10. The molecule has 0 aliphatic heterocycles. The monoisotopic (exact) mass is 283 g/mol. The van der Waals surface area contributed by atoms with Gasteiger partial charge >= 0.3 is 0 Å². The molecule has 0 N–H and O–H groups in total. The standard InChI is InChI=1S/C13H18BrNO/c1-15(10-11-5-6-11)7-8-16-13-4-2-3-12(14)9-13/h2-4,9,11H,5-8,10H2,1H3. The summed E-state index contributed by atoms with van der Waals surface area (Å²) in [4.78, 5) is 2.36. The predicted molar refractivity (Wildman–Crippen MR) is 69.9 cm³/mol. The van der Waals surface area contributed by atoms with Crippen LogP contribution in [0.3, 0.4) is 0 Å². The summed E-state index contributed by atoms with van der Waals surface area (Å²) in [6.07, 6.45) is 2.83. The van der Waals surface area contributed by atoms with E-state index in [0.717, 1.165) is 29.3 Å². The molecule has 0 unspecified atom stereocenters. The fourth-order valence-corrected chi connectivity index (χ4v) is 2.09. The summed E-state index contributed by atoms with van der Waals surface area (Å²) >= 11 is 3.43. The van der Waals surface area contributed by atoms with Gasteiger partial charge in [-0.2, -0.15) is 0 Å². The van der Waals surface area contributed by atoms with Crippen molar-refractivity contribution >= 4 is 15.9 Å². The highest BCUT2D eigenvalue weighted by atomic mass is 79.9. The number of halogens is 1. The van der Waals surface area contributed by atoms with Crippen molar-refractivity contribution in [3.63, 3.8) is 0 Å². The van der Waals surface area contributed by atoms with E-state index < -0.39 is 0 Å². The number of hydrogen-bond acceptors (Lipinski definition) is 2. The number of hydrogen-bond donors (Lipinski definition) is 0. The van der Waals surface area contributed by atoms with Gasteiger partial charge in [0.25, 0.3) is 0 Å². The molecule has 1 aromatic carbocycles. The molecular formula is C13H18BrNO. The molecule has 1 aliphatic carbocycles. The predicted octanol–water partition coefficient (Wildman–Crippen LogP) is 3.17. The maximum Gasteiger partial charge on any atom is 0.120 e. The molecule has 1 fully saturated rings. The molecule has 0 spiro atoms. The Morgan fingerprint density at radius 3 is 2.94 bits per heavy atom. The van der Waals surface area contributed by atoms with E-state index in [2.05, 4.69) is 27.9 Å². The van der Waals surface area contributed by atoms with Crippen LogP contribution in [-0.2, 0) is 0 Å². The molecule has 88 valence electrons. The van der Waals surface area contributed by atoms with Crippen LogP contribution in [0.5, 0.6) is 5.75 Å². The van der Waals surface area contributed by atoms with Gasteiger partial charge in [0.1, 0.15) is 12.4 Å². The lowest BCUT2D eigenvalue weighted by Crippen LogP contribution is -2.26. The van der Waals surface area contributed by atoms with Gasteiger partial charge in [-0.1, -0.05) is 22.0 Å². The molecule has 0 radical (unpaired) electrons. The van der Waals surface area contributed by atoms with Crippen molar-refractivity contribution in [2.45, 2.75) is 12.8 Å². The smallest absolute Gasteiger partial charge is 0.120 e. The van der Waals surface area contributed by atoms with Gasteiger partial charge in [-0.25, -0.2) is 0 Å². The second-order valence-electron chi connectivity index (χ2n) is 4.51. The highest BCUT2D eigenvalue weighted by Crippen LogP contribution is 2.29. The van der Waals surface area contributed by atoms with Gasteiger partial charge in [-0.05, 0) is 44.0 Å². The number of nitrogens with zero attached hydrogens (tertiary/aromatic N) is 1. The first-order valence-corrected chi connectivity index (χ1v) is 6.60. The van der Waals surface area contributed by atoms with E-state index in [1.807, 2.05) is 24.3 Å². The van der Waals surface area contributed by atoms with E-state index in [1.165, 1.54) is 19.4 Å². The molecule has 1 aromatic rings. The fourth-order valence-electron chi connectivity index (χ4n) is 1.71. The lowest BCUT2D eigenvalue weighted by atomic mass is 10.3. The summed E-state index contributed by atoms with van der Waals surface area (Å²) in [6, 6.07) is 7.99. The summed E-state index contributed by atoms with van der Waals surface area (Å²) < 4.78 is 6.75. The van der Waals surface area contributed by atoms with Crippen LogP contribution in [-0.4, -0.2) is 31.6 Å². The van der Waals surface area contributed by atoms with Crippen LogP contribution in [0.2, 0.25) is 0 Å². The first-order valence-electron chi connectivity index (χ1n) is 5.81. The van der Waals surface area contributed by atoms with Crippen molar-refractivity contribution in [2.24, 2.45) is 5.92 Å². The SMILES string of the molecule is CN(CCOc1cccc(Br)c1)CC1CC1. The van der Waals surface area contributed by atoms with Gasteiger partial charge in [0.05, 0.1) is 0 Å². The summed E-state index contributed by atoms with van der Waals surface area (Å²) in [6.45, 7) is 2.99. The number of ether oxygens (including phenoxy) is 1. The third kappa shape index (κ3) is 4.14. The first kappa shape index (κ1) is 11.9. The minimum atomic E-state index is 0.764. The van der Waals surface area contributed by atoms with Gasteiger partial charge in [0, 0.05) is 17.6 Å². The third-order valence-corrected chi connectivity index (χ3v) is 3.30. The zero-order chi connectivity index (χ0) is 11.4. The summed E-state index contributed by atoms with van der Waals surface area (Å²) in [5, 5.41) is 0. The van der Waals surface area contributed by atoms with Crippen molar-refractivity contribution in [1.29, 1.82) is 0 Å². The Labute approximate surface area is 106 Å². The zero-order valence-electron chi connectivity index (χ0n) is 9.66. The van der Waals surface area contributed by atoms with E-state index >= 15 is 0 Å². The summed E-state index contributed by atoms with van der Waals surface area (Å²) in [7, 11) is 2.17. The molecule has 3 heteroatoms. The van der Waals surface area contributed by atoms with Crippen LogP contribution in [0.15, 0.2) is 28.7 Å². The molecule has 1 aliphatic rings. The Bertz CT molecular complexity index is 338. The molecule has 0 atom stereocenters. The van der Waals surface area contributed by atoms with E-state index in [1.54, 1.807) is 0 Å². The average molecular weight is 284 g/mol. The molecule has 0 saturated heterocycles.